The third-order valence-electron chi connectivity index (χ3n) is 3.89. The molecular weight excluding hydrogens is 310 g/mol. The molecule has 6 heteroatoms. The van der Waals surface area contributed by atoms with Crippen molar-refractivity contribution >= 4 is 11.9 Å². The van der Waals surface area contributed by atoms with Gasteiger partial charge in [0.05, 0.1) is 26.7 Å². The number of hydrogen-bond acceptors (Lipinski definition) is 5. The molecule has 1 heterocycles. The average molecular weight is 335 g/mol. The SMILES string of the molecule is COc1ccc(OC)c(C2CCN(C(=O)OC(C)(C)C)CC2=O)c1. The topological polar surface area (TPSA) is 65.1 Å². The van der Waals surface area contributed by atoms with E-state index in [4.69, 9.17) is 14.2 Å². The number of ketones is 1. The Bertz CT molecular complexity index is 620. The fourth-order valence-corrected chi connectivity index (χ4v) is 2.75. The molecule has 24 heavy (non-hydrogen) atoms. The van der Waals surface area contributed by atoms with Gasteiger partial charge in [-0.15, -0.1) is 0 Å². The van der Waals surface area contributed by atoms with Gasteiger partial charge in [-0.1, -0.05) is 0 Å². The van der Waals surface area contributed by atoms with Gasteiger partial charge in [0.2, 0.25) is 0 Å². The van der Waals surface area contributed by atoms with E-state index in [0.29, 0.717) is 24.5 Å². The normalized spacial score (nSPS) is 18.3. The molecule has 1 aromatic carbocycles. The van der Waals surface area contributed by atoms with Crippen LogP contribution < -0.4 is 9.47 Å². The highest BCUT2D eigenvalue weighted by Gasteiger charge is 2.34. The minimum absolute atomic E-state index is 0.0290. The lowest BCUT2D eigenvalue weighted by Gasteiger charge is -2.33. The summed E-state index contributed by atoms with van der Waals surface area (Å²) >= 11 is 0. The van der Waals surface area contributed by atoms with E-state index in [1.54, 1.807) is 47.1 Å². The van der Waals surface area contributed by atoms with Crippen molar-refractivity contribution < 1.29 is 23.8 Å². The number of rotatable bonds is 3. The summed E-state index contributed by atoms with van der Waals surface area (Å²) in [6.07, 6.45) is 0.0774. The van der Waals surface area contributed by atoms with Crippen LogP contribution in [0, 0.1) is 0 Å². The van der Waals surface area contributed by atoms with Gasteiger partial charge in [0.1, 0.15) is 17.1 Å². The second-order valence-corrected chi connectivity index (χ2v) is 6.82. The van der Waals surface area contributed by atoms with E-state index in [-0.39, 0.29) is 18.2 Å². The van der Waals surface area contributed by atoms with Crippen molar-refractivity contribution in [3.63, 3.8) is 0 Å². The number of amides is 1. The number of likely N-dealkylation sites (tertiary alicyclic amines) is 1. The van der Waals surface area contributed by atoms with E-state index >= 15 is 0 Å². The van der Waals surface area contributed by atoms with Gasteiger partial charge < -0.3 is 19.1 Å². The first kappa shape index (κ1) is 18.1. The summed E-state index contributed by atoms with van der Waals surface area (Å²) in [5.41, 5.74) is 0.221. The predicted molar refractivity (Wildman–Crippen MR) is 89.7 cm³/mol. The molecule has 0 N–H and O–H groups in total. The highest BCUT2D eigenvalue weighted by molar-refractivity contribution is 5.91. The minimum Gasteiger partial charge on any atom is -0.497 e. The fourth-order valence-electron chi connectivity index (χ4n) is 2.75. The summed E-state index contributed by atoms with van der Waals surface area (Å²) in [6.45, 7) is 5.92. The maximum atomic E-state index is 12.6. The fraction of sp³-hybridized carbons (Fsp3) is 0.556. The maximum absolute atomic E-state index is 12.6. The van der Waals surface area contributed by atoms with Gasteiger partial charge in [0.15, 0.2) is 5.78 Å². The van der Waals surface area contributed by atoms with Crippen LogP contribution in [-0.2, 0) is 9.53 Å². The van der Waals surface area contributed by atoms with E-state index < -0.39 is 11.7 Å². The van der Waals surface area contributed by atoms with Crippen LogP contribution in [0.3, 0.4) is 0 Å². The van der Waals surface area contributed by atoms with Crippen molar-refractivity contribution in [2.75, 3.05) is 27.3 Å². The predicted octanol–water partition coefficient (Wildman–Crippen LogP) is 3.00. The molecule has 6 nitrogen and oxygen atoms in total. The zero-order valence-electron chi connectivity index (χ0n) is 14.9. The first-order valence-corrected chi connectivity index (χ1v) is 7.97. The van der Waals surface area contributed by atoms with Crippen molar-refractivity contribution in [1.82, 2.24) is 4.90 Å². The molecule has 0 aromatic heterocycles. The monoisotopic (exact) mass is 335 g/mol. The molecule has 1 atom stereocenters. The average Bonchev–Trinajstić information content (AvgIpc) is 2.52. The summed E-state index contributed by atoms with van der Waals surface area (Å²) in [5, 5.41) is 0. The van der Waals surface area contributed by atoms with Gasteiger partial charge in [0.25, 0.3) is 0 Å². The lowest BCUT2D eigenvalue weighted by Crippen LogP contribution is -2.45. The van der Waals surface area contributed by atoms with E-state index in [9.17, 15) is 9.59 Å². The van der Waals surface area contributed by atoms with Crippen molar-refractivity contribution in [2.24, 2.45) is 0 Å². The standard InChI is InChI=1S/C18H25NO5/c1-18(2,3)24-17(21)19-9-8-13(15(20)11-19)14-10-12(22-4)6-7-16(14)23-5/h6-7,10,13H,8-9,11H2,1-5H3. The van der Waals surface area contributed by atoms with Crippen LogP contribution in [0.5, 0.6) is 11.5 Å². The smallest absolute Gasteiger partial charge is 0.410 e. The number of ether oxygens (including phenoxy) is 3. The number of benzene rings is 1. The lowest BCUT2D eigenvalue weighted by atomic mass is 9.87. The maximum Gasteiger partial charge on any atom is 0.410 e. The van der Waals surface area contributed by atoms with Gasteiger partial charge in [-0.25, -0.2) is 4.79 Å². The summed E-state index contributed by atoms with van der Waals surface area (Å²) in [6, 6.07) is 5.41. The molecule has 1 fully saturated rings. The van der Waals surface area contributed by atoms with Crippen molar-refractivity contribution in [3.05, 3.63) is 23.8 Å². The van der Waals surface area contributed by atoms with Crippen LogP contribution in [0.2, 0.25) is 0 Å². The third kappa shape index (κ3) is 4.19. The number of Topliss-reactive ketones (excluding diaryl/α,β-unsaturated/α-hetero) is 1. The molecule has 1 unspecified atom stereocenters. The third-order valence-corrected chi connectivity index (χ3v) is 3.89. The molecule has 0 radical (unpaired) electrons. The van der Waals surface area contributed by atoms with Crippen LogP contribution in [-0.4, -0.2) is 49.7 Å². The second kappa shape index (κ2) is 7.11. The van der Waals surface area contributed by atoms with Gasteiger partial charge in [-0.3, -0.25) is 4.79 Å². The number of carbonyl (C=O) groups is 2. The number of hydrogen-bond donors (Lipinski definition) is 0. The molecule has 2 rings (SSSR count). The number of carbonyl (C=O) groups excluding carboxylic acids is 2. The van der Waals surface area contributed by atoms with Crippen LogP contribution in [0.15, 0.2) is 18.2 Å². The molecule has 1 aromatic rings. The summed E-state index contributed by atoms with van der Waals surface area (Å²) in [7, 11) is 3.16. The number of nitrogens with zero attached hydrogens (tertiary/aromatic N) is 1. The zero-order valence-corrected chi connectivity index (χ0v) is 14.9. The zero-order chi connectivity index (χ0) is 17.9. The van der Waals surface area contributed by atoms with Gasteiger partial charge in [0, 0.05) is 12.1 Å². The molecular formula is C18H25NO5. The number of piperidine rings is 1. The summed E-state index contributed by atoms with van der Waals surface area (Å²) in [4.78, 5) is 26.2. The summed E-state index contributed by atoms with van der Waals surface area (Å²) in [5.74, 6) is 0.987. The summed E-state index contributed by atoms with van der Waals surface area (Å²) < 4.78 is 16.0. The van der Waals surface area contributed by atoms with E-state index in [0.717, 1.165) is 5.56 Å². The van der Waals surface area contributed by atoms with Gasteiger partial charge in [-0.05, 0) is 45.4 Å². The Balaban J connectivity index is 2.14. The number of methoxy groups -OCH3 is 2. The Morgan fingerprint density at radius 3 is 2.46 bits per heavy atom. The molecule has 0 bridgehead atoms. The first-order valence-electron chi connectivity index (χ1n) is 7.97. The lowest BCUT2D eigenvalue weighted by molar-refractivity contribution is -0.123. The van der Waals surface area contributed by atoms with Crippen molar-refractivity contribution in [3.8, 4) is 11.5 Å². The Morgan fingerprint density at radius 2 is 1.92 bits per heavy atom. The molecule has 0 spiro atoms. The van der Waals surface area contributed by atoms with Crippen molar-refractivity contribution in [2.45, 2.75) is 38.7 Å². The highest BCUT2D eigenvalue weighted by Crippen LogP contribution is 2.35. The van der Waals surface area contributed by atoms with E-state index in [1.807, 2.05) is 6.07 Å². The van der Waals surface area contributed by atoms with Crippen LogP contribution >= 0.6 is 0 Å². The molecule has 1 aliphatic heterocycles. The minimum atomic E-state index is -0.576. The molecule has 1 amide bonds. The van der Waals surface area contributed by atoms with E-state index in [1.165, 1.54) is 4.90 Å². The van der Waals surface area contributed by atoms with Gasteiger partial charge >= 0.3 is 6.09 Å². The van der Waals surface area contributed by atoms with Crippen molar-refractivity contribution in [1.29, 1.82) is 0 Å². The Labute approximate surface area is 142 Å². The molecule has 132 valence electrons. The second-order valence-electron chi connectivity index (χ2n) is 6.82. The van der Waals surface area contributed by atoms with Crippen LogP contribution in [0.4, 0.5) is 4.79 Å². The Hall–Kier alpha value is -2.24. The van der Waals surface area contributed by atoms with Crippen LogP contribution in [0.25, 0.3) is 0 Å². The van der Waals surface area contributed by atoms with Gasteiger partial charge in [-0.2, -0.15) is 0 Å². The molecule has 0 aliphatic carbocycles. The van der Waals surface area contributed by atoms with E-state index in [2.05, 4.69) is 0 Å². The van der Waals surface area contributed by atoms with Crippen LogP contribution in [0.1, 0.15) is 38.7 Å². The Kier molecular flexibility index (Phi) is 5.36. The molecule has 0 saturated carbocycles. The quantitative estimate of drug-likeness (QED) is 0.849. The Morgan fingerprint density at radius 1 is 1.21 bits per heavy atom. The highest BCUT2D eigenvalue weighted by atomic mass is 16.6. The molecule has 1 saturated heterocycles. The first-order chi connectivity index (χ1) is 11.2. The molecule has 1 aliphatic rings. The largest absolute Gasteiger partial charge is 0.497 e.